The summed E-state index contributed by atoms with van der Waals surface area (Å²) in [6, 6.07) is 4.62. The minimum atomic E-state index is 0. The van der Waals surface area contributed by atoms with Crippen LogP contribution in [0.1, 0.15) is 19.3 Å². The molecule has 2 N–H and O–H groups in total. The number of hydrogen-bond donors (Lipinski definition) is 2. The average Bonchev–Trinajstić information content (AvgIpc) is 3.02. The Morgan fingerprint density at radius 2 is 2.35 bits per heavy atom. The highest BCUT2D eigenvalue weighted by Crippen LogP contribution is 2.29. The smallest absolute Gasteiger partial charge is 0.232 e. The monoisotopic (exact) mass is 361 g/mol. The summed E-state index contributed by atoms with van der Waals surface area (Å²) >= 11 is 6.02. The van der Waals surface area contributed by atoms with Crippen molar-refractivity contribution in [1.29, 1.82) is 0 Å². The summed E-state index contributed by atoms with van der Waals surface area (Å²) in [5.74, 6) is 1.16. The molecule has 1 saturated heterocycles. The minimum absolute atomic E-state index is 0. The van der Waals surface area contributed by atoms with Crippen molar-refractivity contribution in [2.24, 2.45) is 5.92 Å². The molecule has 3 unspecified atom stereocenters. The summed E-state index contributed by atoms with van der Waals surface area (Å²) in [6.07, 6.45) is 5.47. The zero-order chi connectivity index (χ0) is 15.2. The zero-order valence-corrected chi connectivity index (χ0v) is 14.7. The van der Waals surface area contributed by atoms with Gasteiger partial charge < -0.3 is 20.1 Å². The molecule has 1 saturated carbocycles. The van der Waals surface area contributed by atoms with Crippen LogP contribution in [0.25, 0.3) is 0 Å². The molecule has 2 heterocycles. The standard InChI is InChI=1S/C16H24ClN3O2.ClH/c17-13-4-2-6-20-16(13)22-10-8-18-14-5-1-3-12(14)15-11-21-9-7-19-15;/h2,4,6,12,14-15,18-19H,1,3,5,7-11H2;1H. The Bertz CT molecular complexity index is 472. The molecule has 1 aromatic heterocycles. The van der Waals surface area contributed by atoms with E-state index in [0.717, 1.165) is 26.3 Å². The molecule has 2 fully saturated rings. The summed E-state index contributed by atoms with van der Waals surface area (Å²) in [5, 5.41) is 7.78. The highest BCUT2D eigenvalue weighted by Gasteiger charge is 2.34. The van der Waals surface area contributed by atoms with E-state index in [1.165, 1.54) is 19.3 Å². The van der Waals surface area contributed by atoms with E-state index in [4.69, 9.17) is 21.1 Å². The van der Waals surface area contributed by atoms with Crippen molar-refractivity contribution < 1.29 is 9.47 Å². The van der Waals surface area contributed by atoms with E-state index in [-0.39, 0.29) is 12.4 Å². The van der Waals surface area contributed by atoms with E-state index < -0.39 is 0 Å². The maximum atomic E-state index is 6.02. The Balaban J connectivity index is 0.00000192. The molecule has 0 bridgehead atoms. The maximum absolute atomic E-state index is 6.02. The van der Waals surface area contributed by atoms with Gasteiger partial charge in [0.1, 0.15) is 11.6 Å². The highest BCUT2D eigenvalue weighted by molar-refractivity contribution is 6.31. The number of aromatic nitrogens is 1. The van der Waals surface area contributed by atoms with Crippen LogP contribution < -0.4 is 15.4 Å². The van der Waals surface area contributed by atoms with Crippen LogP contribution in [0.5, 0.6) is 5.88 Å². The molecule has 1 aliphatic heterocycles. The second-order valence-electron chi connectivity index (χ2n) is 5.93. The molecule has 0 amide bonds. The second-order valence-corrected chi connectivity index (χ2v) is 6.34. The normalized spacial score (nSPS) is 27.4. The quantitative estimate of drug-likeness (QED) is 0.761. The third-order valence-corrected chi connectivity index (χ3v) is 4.80. The fraction of sp³-hybridized carbons (Fsp3) is 0.688. The lowest BCUT2D eigenvalue weighted by molar-refractivity contribution is 0.0523. The first-order valence-corrected chi connectivity index (χ1v) is 8.50. The van der Waals surface area contributed by atoms with Gasteiger partial charge in [0.05, 0.1) is 13.2 Å². The number of nitrogens with one attached hydrogen (secondary N) is 2. The molecular weight excluding hydrogens is 337 g/mol. The van der Waals surface area contributed by atoms with E-state index in [9.17, 15) is 0 Å². The van der Waals surface area contributed by atoms with E-state index in [0.29, 0.717) is 35.5 Å². The number of hydrogen-bond acceptors (Lipinski definition) is 5. The third kappa shape index (κ3) is 5.19. The molecule has 0 spiro atoms. The van der Waals surface area contributed by atoms with Crippen molar-refractivity contribution in [1.82, 2.24) is 15.6 Å². The Labute approximate surface area is 148 Å². The lowest BCUT2D eigenvalue weighted by atomic mass is 9.94. The maximum Gasteiger partial charge on any atom is 0.232 e. The van der Waals surface area contributed by atoms with Crippen molar-refractivity contribution in [3.63, 3.8) is 0 Å². The van der Waals surface area contributed by atoms with Gasteiger partial charge in [0, 0.05) is 31.4 Å². The number of morpholine rings is 1. The van der Waals surface area contributed by atoms with Gasteiger partial charge in [-0.1, -0.05) is 18.0 Å². The summed E-state index contributed by atoms with van der Waals surface area (Å²) in [6.45, 7) is 4.02. The Morgan fingerprint density at radius 1 is 1.43 bits per heavy atom. The first kappa shape index (κ1) is 18.7. The highest BCUT2D eigenvalue weighted by atomic mass is 35.5. The Morgan fingerprint density at radius 3 is 3.13 bits per heavy atom. The van der Waals surface area contributed by atoms with Crippen LogP contribution in [-0.2, 0) is 4.74 Å². The van der Waals surface area contributed by atoms with Gasteiger partial charge in [0.15, 0.2) is 0 Å². The van der Waals surface area contributed by atoms with Gasteiger partial charge in [0.2, 0.25) is 5.88 Å². The third-order valence-electron chi connectivity index (χ3n) is 4.51. The van der Waals surface area contributed by atoms with Crippen LogP contribution in [0.2, 0.25) is 5.02 Å². The minimum Gasteiger partial charge on any atom is -0.475 e. The summed E-state index contributed by atoms with van der Waals surface area (Å²) < 4.78 is 11.2. The molecule has 1 aliphatic carbocycles. The molecule has 0 radical (unpaired) electrons. The lowest BCUT2D eigenvalue weighted by Gasteiger charge is -2.33. The second kappa shape index (κ2) is 9.64. The fourth-order valence-corrected chi connectivity index (χ4v) is 3.63. The van der Waals surface area contributed by atoms with Crippen LogP contribution in [0, 0.1) is 5.92 Å². The van der Waals surface area contributed by atoms with Crippen LogP contribution in [0.15, 0.2) is 18.3 Å². The van der Waals surface area contributed by atoms with Crippen LogP contribution >= 0.6 is 24.0 Å². The van der Waals surface area contributed by atoms with Gasteiger partial charge in [-0.25, -0.2) is 4.98 Å². The average molecular weight is 362 g/mol. The van der Waals surface area contributed by atoms with Crippen molar-refractivity contribution in [2.75, 3.05) is 32.9 Å². The van der Waals surface area contributed by atoms with Crippen molar-refractivity contribution in [2.45, 2.75) is 31.3 Å². The molecule has 5 nitrogen and oxygen atoms in total. The number of nitrogens with zero attached hydrogens (tertiary/aromatic N) is 1. The number of pyridine rings is 1. The Kier molecular flexibility index (Phi) is 7.86. The zero-order valence-electron chi connectivity index (χ0n) is 13.2. The molecule has 7 heteroatoms. The van der Waals surface area contributed by atoms with Crippen molar-refractivity contribution in [3.05, 3.63) is 23.4 Å². The Hall–Kier alpha value is -0.590. The fourth-order valence-electron chi connectivity index (χ4n) is 3.45. The predicted octanol–water partition coefficient (Wildman–Crippen LogP) is 2.28. The molecule has 0 aromatic carbocycles. The van der Waals surface area contributed by atoms with Gasteiger partial charge in [-0.3, -0.25) is 0 Å². The summed E-state index contributed by atoms with van der Waals surface area (Å²) in [4.78, 5) is 4.13. The van der Waals surface area contributed by atoms with E-state index >= 15 is 0 Å². The van der Waals surface area contributed by atoms with E-state index in [1.54, 1.807) is 18.3 Å². The van der Waals surface area contributed by atoms with E-state index in [1.807, 2.05) is 0 Å². The van der Waals surface area contributed by atoms with E-state index in [2.05, 4.69) is 15.6 Å². The molecule has 1 aromatic rings. The van der Waals surface area contributed by atoms with Gasteiger partial charge >= 0.3 is 0 Å². The summed E-state index contributed by atoms with van der Waals surface area (Å²) in [7, 11) is 0. The van der Waals surface area contributed by atoms with Crippen molar-refractivity contribution >= 4 is 24.0 Å². The first-order valence-electron chi connectivity index (χ1n) is 8.12. The van der Waals surface area contributed by atoms with Crippen LogP contribution in [0.3, 0.4) is 0 Å². The van der Waals surface area contributed by atoms with Gasteiger partial charge in [-0.2, -0.15) is 0 Å². The van der Waals surface area contributed by atoms with Crippen LogP contribution in [-0.4, -0.2) is 50.0 Å². The molecule has 3 rings (SSSR count). The lowest BCUT2D eigenvalue weighted by Crippen LogP contribution is -2.51. The molecule has 130 valence electrons. The molecule has 2 aliphatic rings. The summed E-state index contributed by atoms with van der Waals surface area (Å²) in [5.41, 5.74) is 0. The van der Waals surface area contributed by atoms with Crippen molar-refractivity contribution in [3.8, 4) is 5.88 Å². The van der Waals surface area contributed by atoms with Gasteiger partial charge in [0.25, 0.3) is 0 Å². The van der Waals surface area contributed by atoms with Gasteiger partial charge in [-0.15, -0.1) is 12.4 Å². The predicted molar refractivity (Wildman–Crippen MR) is 93.7 cm³/mol. The van der Waals surface area contributed by atoms with Gasteiger partial charge in [-0.05, 0) is 30.9 Å². The number of halogens is 2. The topological polar surface area (TPSA) is 55.4 Å². The molecule has 23 heavy (non-hydrogen) atoms. The number of ether oxygens (including phenoxy) is 2. The first-order chi connectivity index (χ1) is 10.8. The number of rotatable bonds is 6. The SMILES string of the molecule is Cl.Clc1cccnc1OCCNC1CCCC1C1COCCN1. The molecular formula is C16H25Cl2N3O2. The van der Waals surface area contributed by atoms with Crippen LogP contribution in [0.4, 0.5) is 0 Å². The molecule has 3 atom stereocenters. The largest absolute Gasteiger partial charge is 0.475 e.